The first-order valence-electron chi connectivity index (χ1n) is 5.59. The minimum absolute atomic E-state index is 0.163. The molecule has 106 valence electrons. The van der Waals surface area contributed by atoms with Gasteiger partial charge >= 0.3 is 6.18 Å². The first kappa shape index (κ1) is 15.3. The van der Waals surface area contributed by atoms with Gasteiger partial charge in [-0.15, -0.1) is 0 Å². The smallest absolute Gasteiger partial charge is 0.397 e. The van der Waals surface area contributed by atoms with Gasteiger partial charge in [-0.25, -0.2) is 0 Å². The van der Waals surface area contributed by atoms with E-state index < -0.39 is 18.7 Å². The van der Waals surface area contributed by atoms with Gasteiger partial charge in [-0.05, 0) is 18.6 Å². The van der Waals surface area contributed by atoms with E-state index in [4.69, 9.17) is 5.73 Å². The van der Waals surface area contributed by atoms with Crippen molar-refractivity contribution < 1.29 is 22.7 Å². The van der Waals surface area contributed by atoms with Crippen molar-refractivity contribution in [3.63, 3.8) is 0 Å². The summed E-state index contributed by atoms with van der Waals surface area (Å²) in [5, 5.41) is 2.55. The highest BCUT2D eigenvalue weighted by atomic mass is 19.4. The average molecular weight is 276 g/mol. The van der Waals surface area contributed by atoms with Crippen LogP contribution < -0.4 is 11.1 Å². The quantitative estimate of drug-likeness (QED) is 0.641. The molecule has 19 heavy (non-hydrogen) atoms. The molecule has 0 atom stereocenters. The predicted octanol–water partition coefficient (Wildman–Crippen LogP) is 2.48. The highest BCUT2D eigenvalue weighted by Crippen LogP contribution is 2.22. The van der Waals surface area contributed by atoms with Gasteiger partial charge in [0.05, 0.1) is 24.4 Å². The summed E-state index contributed by atoms with van der Waals surface area (Å²) in [5.74, 6) is -0.442. The lowest BCUT2D eigenvalue weighted by atomic mass is 10.1. The number of para-hydroxylation sites is 1. The lowest BCUT2D eigenvalue weighted by molar-refractivity contribution is -0.174. The molecule has 1 rings (SSSR count). The van der Waals surface area contributed by atoms with Crippen LogP contribution in [0.5, 0.6) is 0 Å². The van der Waals surface area contributed by atoms with E-state index in [1.807, 2.05) is 0 Å². The lowest BCUT2D eigenvalue weighted by Crippen LogP contribution is -2.20. The second kappa shape index (κ2) is 6.42. The Morgan fingerprint density at radius 3 is 2.68 bits per heavy atom. The second-order valence-corrected chi connectivity index (χ2v) is 4.01. The van der Waals surface area contributed by atoms with Crippen LogP contribution >= 0.6 is 0 Å². The monoisotopic (exact) mass is 276 g/mol. The molecule has 0 heterocycles. The van der Waals surface area contributed by atoms with Crippen molar-refractivity contribution in [2.75, 3.05) is 24.3 Å². The molecule has 0 saturated heterocycles. The van der Waals surface area contributed by atoms with Crippen LogP contribution in [-0.4, -0.2) is 25.3 Å². The molecule has 3 N–H and O–H groups in total. The van der Waals surface area contributed by atoms with Crippen LogP contribution in [0.25, 0.3) is 0 Å². The van der Waals surface area contributed by atoms with Crippen molar-refractivity contribution >= 4 is 17.3 Å². The van der Waals surface area contributed by atoms with Crippen molar-refractivity contribution in [3.05, 3.63) is 23.8 Å². The molecule has 0 aliphatic heterocycles. The number of amides is 1. The fourth-order valence-corrected chi connectivity index (χ4v) is 1.42. The fourth-order valence-electron chi connectivity index (χ4n) is 1.42. The summed E-state index contributed by atoms with van der Waals surface area (Å²) in [5.41, 5.74) is 7.35. The third kappa shape index (κ3) is 5.60. The van der Waals surface area contributed by atoms with Gasteiger partial charge in [0.1, 0.15) is 6.61 Å². The number of benzene rings is 1. The maximum absolute atomic E-state index is 11.8. The topological polar surface area (TPSA) is 64.3 Å². The Balaban J connectivity index is 2.40. The Morgan fingerprint density at radius 1 is 1.42 bits per heavy atom. The number of rotatable bonds is 5. The SMILES string of the molecule is Cc1cccc(N)c1NC(=O)CCOCC(F)(F)F. The molecule has 0 spiro atoms. The molecule has 0 aliphatic rings. The first-order valence-corrected chi connectivity index (χ1v) is 5.59. The van der Waals surface area contributed by atoms with Crippen molar-refractivity contribution in [1.29, 1.82) is 0 Å². The highest BCUT2D eigenvalue weighted by molar-refractivity contribution is 5.94. The zero-order valence-electron chi connectivity index (χ0n) is 10.4. The zero-order chi connectivity index (χ0) is 14.5. The van der Waals surface area contributed by atoms with Crippen LogP contribution in [0, 0.1) is 6.92 Å². The normalized spacial score (nSPS) is 11.4. The molecule has 0 unspecified atom stereocenters. The Kier molecular flexibility index (Phi) is 5.17. The minimum Gasteiger partial charge on any atom is -0.397 e. The number of anilines is 2. The number of halogens is 3. The highest BCUT2D eigenvalue weighted by Gasteiger charge is 2.27. The molecular formula is C12H15F3N2O2. The maximum Gasteiger partial charge on any atom is 0.411 e. The molecule has 1 aromatic rings. The second-order valence-electron chi connectivity index (χ2n) is 4.01. The summed E-state index contributed by atoms with van der Waals surface area (Å²) in [6.07, 6.45) is -4.54. The van der Waals surface area contributed by atoms with E-state index in [0.717, 1.165) is 5.56 Å². The molecule has 4 nitrogen and oxygen atoms in total. The van der Waals surface area contributed by atoms with E-state index in [1.165, 1.54) is 0 Å². The number of carbonyl (C=O) groups excluding carboxylic acids is 1. The van der Waals surface area contributed by atoms with E-state index in [2.05, 4.69) is 10.1 Å². The maximum atomic E-state index is 11.8. The molecular weight excluding hydrogens is 261 g/mol. The number of alkyl halides is 3. The minimum atomic E-state index is -4.38. The van der Waals surface area contributed by atoms with Crippen LogP contribution in [0.1, 0.15) is 12.0 Å². The number of ether oxygens (including phenoxy) is 1. The van der Waals surface area contributed by atoms with Crippen molar-refractivity contribution in [2.45, 2.75) is 19.5 Å². The van der Waals surface area contributed by atoms with Gasteiger partial charge in [-0.2, -0.15) is 13.2 Å². The van der Waals surface area contributed by atoms with E-state index >= 15 is 0 Å². The lowest BCUT2D eigenvalue weighted by Gasteiger charge is -2.11. The molecule has 0 aliphatic carbocycles. The van der Waals surface area contributed by atoms with Crippen LogP contribution in [0.4, 0.5) is 24.5 Å². The predicted molar refractivity (Wildman–Crippen MR) is 65.7 cm³/mol. The molecule has 0 fully saturated rings. The summed E-state index contributed by atoms with van der Waals surface area (Å²) in [7, 11) is 0. The number of aryl methyl sites for hydroxylation is 1. The van der Waals surface area contributed by atoms with E-state index in [1.54, 1.807) is 25.1 Å². The fraction of sp³-hybridized carbons (Fsp3) is 0.417. The largest absolute Gasteiger partial charge is 0.411 e. The van der Waals surface area contributed by atoms with E-state index in [-0.39, 0.29) is 13.0 Å². The summed E-state index contributed by atoms with van der Waals surface area (Å²) < 4.78 is 39.7. The van der Waals surface area contributed by atoms with Crippen LogP contribution in [0.3, 0.4) is 0 Å². The van der Waals surface area contributed by atoms with Gasteiger partial charge in [-0.3, -0.25) is 4.79 Å². The Bertz CT molecular complexity index is 427. The van der Waals surface area contributed by atoms with Gasteiger partial charge in [0.2, 0.25) is 5.91 Å². The molecule has 1 amide bonds. The number of carbonyl (C=O) groups is 1. The molecule has 1 aromatic carbocycles. The van der Waals surface area contributed by atoms with Crippen LogP contribution in [0.2, 0.25) is 0 Å². The van der Waals surface area contributed by atoms with Gasteiger partial charge in [0.25, 0.3) is 0 Å². The number of hydrogen-bond acceptors (Lipinski definition) is 3. The standard InChI is InChI=1S/C12H15F3N2O2/c1-8-3-2-4-9(16)11(8)17-10(18)5-6-19-7-12(13,14)15/h2-4H,5-7,16H2,1H3,(H,17,18). The molecule has 0 saturated carbocycles. The summed E-state index contributed by atoms with van der Waals surface area (Å²) in [4.78, 5) is 11.5. The van der Waals surface area contributed by atoms with E-state index in [0.29, 0.717) is 11.4 Å². The molecule has 0 radical (unpaired) electrons. The zero-order valence-corrected chi connectivity index (χ0v) is 10.4. The first-order chi connectivity index (χ1) is 8.79. The number of nitrogens with two attached hydrogens (primary N) is 1. The molecule has 7 heteroatoms. The number of hydrogen-bond donors (Lipinski definition) is 2. The summed E-state index contributed by atoms with van der Waals surface area (Å²) in [6, 6.07) is 5.14. The Morgan fingerprint density at radius 2 is 2.11 bits per heavy atom. The summed E-state index contributed by atoms with van der Waals surface area (Å²) >= 11 is 0. The van der Waals surface area contributed by atoms with Gasteiger partial charge < -0.3 is 15.8 Å². The van der Waals surface area contributed by atoms with Crippen molar-refractivity contribution in [1.82, 2.24) is 0 Å². The molecule has 0 aromatic heterocycles. The third-order valence-electron chi connectivity index (χ3n) is 2.31. The van der Waals surface area contributed by atoms with Crippen molar-refractivity contribution in [2.24, 2.45) is 0 Å². The van der Waals surface area contributed by atoms with Crippen LogP contribution in [-0.2, 0) is 9.53 Å². The van der Waals surface area contributed by atoms with Crippen LogP contribution in [0.15, 0.2) is 18.2 Å². The number of nitrogens with one attached hydrogen (secondary N) is 1. The number of nitrogen functional groups attached to an aromatic ring is 1. The van der Waals surface area contributed by atoms with Gasteiger partial charge in [0.15, 0.2) is 0 Å². The average Bonchev–Trinajstić information content (AvgIpc) is 2.28. The molecule has 0 bridgehead atoms. The summed E-state index contributed by atoms with van der Waals surface area (Å²) in [6.45, 7) is 0.121. The third-order valence-corrected chi connectivity index (χ3v) is 2.31. The Hall–Kier alpha value is -1.76. The van der Waals surface area contributed by atoms with Gasteiger partial charge in [-0.1, -0.05) is 12.1 Å². The van der Waals surface area contributed by atoms with Gasteiger partial charge in [0, 0.05) is 0 Å². The van der Waals surface area contributed by atoms with Crippen molar-refractivity contribution in [3.8, 4) is 0 Å². The Labute approximate surface area is 108 Å². The van der Waals surface area contributed by atoms with E-state index in [9.17, 15) is 18.0 Å².